The van der Waals surface area contributed by atoms with Crippen LogP contribution < -0.4 is 0 Å². The van der Waals surface area contributed by atoms with E-state index in [1.165, 1.54) is 16.7 Å². The van der Waals surface area contributed by atoms with Gasteiger partial charge in [0.1, 0.15) is 0 Å². The zero-order valence-corrected chi connectivity index (χ0v) is 11.1. The van der Waals surface area contributed by atoms with Crippen LogP contribution >= 0.6 is 0 Å². The molecule has 0 bridgehead atoms. The second-order valence-electron chi connectivity index (χ2n) is 4.79. The van der Waals surface area contributed by atoms with Crippen molar-refractivity contribution in [2.75, 3.05) is 0 Å². The fourth-order valence-electron chi connectivity index (χ4n) is 2.60. The lowest BCUT2D eigenvalue weighted by Gasteiger charge is -2.16. The van der Waals surface area contributed by atoms with Crippen LogP contribution in [-0.2, 0) is 0 Å². The molecule has 2 aromatic rings. The summed E-state index contributed by atoms with van der Waals surface area (Å²) < 4.78 is 0. The maximum Gasteiger partial charge on any atom is 0.0967 e. The Morgan fingerprint density at radius 3 is 2.00 bits per heavy atom. The minimum atomic E-state index is -0.174. The molecule has 0 aromatic heterocycles. The minimum Gasteiger partial charge on any atom is -0.197 e. The van der Waals surface area contributed by atoms with Gasteiger partial charge in [0.15, 0.2) is 0 Å². The third kappa shape index (κ3) is 2.28. The molecule has 0 saturated carbocycles. The van der Waals surface area contributed by atoms with Gasteiger partial charge in [-0.3, -0.25) is 0 Å². The first-order valence-corrected chi connectivity index (χ1v) is 6.16. The predicted octanol–water partition coefficient (Wildman–Crippen LogP) is 4.27. The van der Waals surface area contributed by atoms with Crippen molar-refractivity contribution >= 4 is 0 Å². The van der Waals surface area contributed by atoms with Crippen LogP contribution in [0, 0.1) is 32.1 Å². The molecule has 0 fully saturated rings. The molecule has 0 unspecified atom stereocenters. The highest BCUT2D eigenvalue weighted by Gasteiger charge is 2.17. The largest absolute Gasteiger partial charge is 0.197 e. The van der Waals surface area contributed by atoms with E-state index in [4.69, 9.17) is 0 Å². The SMILES string of the molecule is Cc1cc(C)c([C@H](C#N)c2ccccc2)c(C)c1. The molecule has 0 N–H and O–H groups in total. The van der Waals surface area contributed by atoms with Crippen molar-refractivity contribution in [3.8, 4) is 6.07 Å². The molecule has 1 nitrogen and oxygen atoms in total. The minimum absolute atomic E-state index is 0.174. The van der Waals surface area contributed by atoms with E-state index in [1.54, 1.807) is 0 Å². The van der Waals surface area contributed by atoms with Gasteiger partial charge in [-0.15, -0.1) is 0 Å². The van der Waals surface area contributed by atoms with E-state index in [-0.39, 0.29) is 5.92 Å². The van der Waals surface area contributed by atoms with Crippen molar-refractivity contribution in [2.45, 2.75) is 26.7 Å². The van der Waals surface area contributed by atoms with Gasteiger partial charge in [-0.05, 0) is 43.0 Å². The van der Waals surface area contributed by atoms with Crippen LogP contribution in [0.2, 0.25) is 0 Å². The molecule has 0 amide bonds. The molecular weight excluding hydrogens is 218 g/mol. The van der Waals surface area contributed by atoms with Gasteiger partial charge in [0.25, 0.3) is 0 Å². The normalized spacial score (nSPS) is 11.9. The van der Waals surface area contributed by atoms with Crippen molar-refractivity contribution in [1.29, 1.82) is 5.26 Å². The molecule has 2 rings (SSSR count). The van der Waals surface area contributed by atoms with Gasteiger partial charge in [0.2, 0.25) is 0 Å². The Labute approximate surface area is 109 Å². The average molecular weight is 235 g/mol. The molecule has 1 heteroatoms. The summed E-state index contributed by atoms with van der Waals surface area (Å²) in [7, 11) is 0. The second-order valence-corrected chi connectivity index (χ2v) is 4.79. The maximum absolute atomic E-state index is 9.50. The molecule has 0 spiro atoms. The topological polar surface area (TPSA) is 23.8 Å². The molecule has 1 atom stereocenters. The van der Waals surface area contributed by atoms with Crippen LogP contribution in [0.15, 0.2) is 42.5 Å². The Morgan fingerprint density at radius 1 is 0.944 bits per heavy atom. The van der Waals surface area contributed by atoms with Gasteiger partial charge in [0.05, 0.1) is 12.0 Å². The molecule has 2 aromatic carbocycles. The summed E-state index contributed by atoms with van der Waals surface area (Å²) in [6.07, 6.45) is 0. The average Bonchev–Trinajstić information content (AvgIpc) is 2.34. The van der Waals surface area contributed by atoms with Gasteiger partial charge >= 0.3 is 0 Å². The third-order valence-corrected chi connectivity index (χ3v) is 3.29. The van der Waals surface area contributed by atoms with Gasteiger partial charge in [-0.25, -0.2) is 0 Å². The lowest BCUT2D eigenvalue weighted by atomic mass is 9.86. The van der Waals surface area contributed by atoms with Crippen LogP contribution in [0.1, 0.15) is 33.7 Å². The highest BCUT2D eigenvalue weighted by Crippen LogP contribution is 2.30. The van der Waals surface area contributed by atoms with Crippen molar-refractivity contribution in [3.05, 3.63) is 70.3 Å². The highest BCUT2D eigenvalue weighted by molar-refractivity contribution is 5.47. The zero-order valence-electron chi connectivity index (χ0n) is 11.1. The monoisotopic (exact) mass is 235 g/mol. The summed E-state index contributed by atoms with van der Waals surface area (Å²) in [5, 5.41) is 9.50. The predicted molar refractivity (Wildman–Crippen MR) is 74.6 cm³/mol. The number of nitriles is 1. The summed E-state index contributed by atoms with van der Waals surface area (Å²) in [6, 6.07) is 16.7. The molecule has 90 valence electrons. The number of benzene rings is 2. The maximum atomic E-state index is 9.50. The van der Waals surface area contributed by atoms with Crippen LogP contribution in [0.3, 0.4) is 0 Å². The van der Waals surface area contributed by atoms with E-state index in [0.29, 0.717) is 0 Å². The van der Waals surface area contributed by atoms with Crippen LogP contribution in [0.25, 0.3) is 0 Å². The lowest BCUT2D eigenvalue weighted by Crippen LogP contribution is -2.04. The Morgan fingerprint density at radius 2 is 1.50 bits per heavy atom. The first kappa shape index (κ1) is 12.4. The van der Waals surface area contributed by atoms with Gasteiger partial charge in [-0.2, -0.15) is 5.26 Å². The summed E-state index contributed by atoms with van der Waals surface area (Å²) >= 11 is 0. The van der Waals surface area contributed by atoms with E-state index in [1.807, 2.05) is 30.3 Å². The van der Waals surface area contributed by atoms with Gasteiger partial charge < -0.3 is 0 Å². The number of hydrogen-bond acceptors (Lipinski definition) is 1. The zero-order chi connectivity index (χ0) is 13.1. The number of hydrogen-bond donors (Lipinski definition) is 0. The Hall–Kier alpha value is -2.07. The Balaban J connectivity index is 2.57. The van der Waals surface area contributed by atoms with E-state index in [0.717, 1.165) is 11.1 Å². The quantitative estimate of drug-likeness (QED) is 0.762. The highest BCUT2D eigenvalue weighted by atomic mass is 14.3. The summed E-state index contributed by atoms with van der Waals surface area (Å²) in [5.74, 6) is -0.174. The lowest BCUT2D eigenvalue weighted by molar-refractivity contribution is 0.996. The standard InChI is InChI=1S/C17H17N/c1-12-9-13(2)17(14(3)10-12)16(11-18)15-7-5-4-6-8-15/h4-10,16H,1-3H3/t16-/m1/s1. The molecule has 0 aliphatic heterocycles. The van der Waals surface area contributed by atoms with Gasteiger partial charge in [-0.1, -0.05) is 48.0 Å². The van der Waals surface area contributed by atoms with Crippen molar-refractivity contribution < 1.29 is 0 Å². The molecular formula is C17H17N. The first-order valence-electron chi connectivity index (χ1n) is 6.16. The van der Waals surface area contributed by atoms with Crippen molar-refractivity contribution in [1.82, 2.24) is 0 Å². The Kier molecular flexibility index (Phi) is 3.48. The molecule has 0 heterocycles. The van der Waals surface area contributed by atoms with E-state index >= 15 is 0 Å². The molecule has 0 saturated heterocycles. The Bertz CT molecular complexity index is 568. The number of rotatable bonds is 2. The molecule has 0 aliphatic carbocycles. The molecule has 18 heavy (non-hydrogen) atoms. The second kappa shape index (κ2) is 5.06. The fourth-order valence-corrected chi connectivity index (χ4v) is 2.60. The third-order valence-electron chi connectivity index (χ3n) is 3.29. The van der Waals surface area contributed by atoms with Crippen LogP contribution in [0.4, 0.5) is 0 Å². The molecule has 0 radical (unpaired) electrons. The summed E-state index contributed by atoms with van der Waals surface area (Å²) in [5.41, 5.74) is 5.86. The van der Waals surface area contributed by atoms with E-state index in [9.17, 15) is 5.26 Å². The fraction of sp³-hybridized carbons (Fsp3) is 0.235. The summed E-state index contributed by atoms with van der Waals surface area (Å²) in [4.78, 5) is 0. The number of aryl methyl sites for hydroxylation is 3. The van der Waals surface area contributed by atoms with Crippen LogP contribution in [0.5, 0.6) is 0 Å². The molecule has 0 aliphatic rings. The van der Waals surface area contributed by atoms with E-state index in [2.05, 4.69) is 39.0 Å². The summed E-state index contributed by atoms with van der Waals surface area (Å²) in [6.45, 7) is 6.26. The van der Waals surface area contributed by atoms with Crippen LogP contribution in [-0.4, -0.2) is 0 Å². The van der Waals surface area contributed by atoms with Gasteiger partial charge in [0, 0.05) is 0 Å². The van der Waals surface area contributed by atoms with Crippen molar-refractivity contribution in [3.63, 3.8) is 0 Å². The first-order chi connectivity index (χ1) is 8.63. The number of nitrogens with zero attached hydrogens (tertiary/aromatic N) is 1. The van der Waals surface area contributed by atoms with E-state index < -0.39 is 0 Å². The smallest absolute Gasteiger partial charge is 0.0967 e. The van der Waals surface area contributed by atoms with Crippen molar-refractivity contribution in [2.24, 2.45) is 0 Å².